The summed E-state index contributed by atoms with van der Waals surface area (Å²) in [5.74, 6) is -0.197. The standard InChI is InChI=1S/C25H26N2O3/c1-18-10-15-22(16-23(18)27(29)30)26(17-19-8-6-5-7-9-19)24(28)20-11-13-21(14-12-20)25(2,3)4/h5-16H,17H2,1-4H3. The minimum Gasteiger partial charge on any atom is -0.304 e. The number of amides is 1. The lowest BCUT2D eigenvalue weighted by Gasteiger charge is -2.24. The molecule has 0 aromatic heterocycles. The molecule has 3 rings (SSSR count). The van der Waals surface area contributed by atoms with Crippen LogP contribution in [0.4, 0.5) is 11.4 Å². The summed E-state index contributed by atoms with van der Waals surface area (Å²) in [4.78, 5) is 26.0. The Kier molecular flexibility index (Phi) is 6.01. The number of nitro groups is 1. The van der Waals surface area contributed by atoms with Gasteiger partial charge in [-0.1, -0.05) is 69.3 Å². The molecule has 0 heterocycles. The second-order valence-electron chi connectivity index (χ2n) is 8.43. The summed E-state index contributed by atoms with van der Waals surface area (Å²) >= 11 is 0. The van der Waals surface area contributed by atoms with Crippen LogP contribution in [-0.2, 0) is 12.0 Å². The van der Waals surface area contributed by atoms with E-state index in [-0.39, 0.29) is 17.0 Å². The Hall–Kier alpha value is -3.47. The van der Waals surface area contributed by atoms with E-state index in [9.17, 15) is 14.9 Å². The zero-order chi connectivity index (χ0) is 21.9. The number of nitro benzene ring substituents is 1. The van der Waals surface area contributed by atoms with Gasteiger partial charge < -0.3 is 4.90 Å². The molecular weight excluding hydrogens is 376 g/mol. The maximum Gasteiger partial charge on any atom is 0.274 e. The monoisotopic (exact) mass is 402 g/mol. The van der Waals surface area contributed by atoms with Crippen molar-refractivity contribution in [2.24, 2.45) is 0 Å². The number of hydrogen-bond donors (Lipinski definition) is 0. The highest BCUT2D eigenvalue weighted by molar-refractivity contribution is 6.06. The van der Waals surface area contributed by atoms with Gasteiger partial charge in [0, 0.05) is 17.2 Å². The van der Waals surface area contributed by atoms with Gasteiger partial charge in [0.2, 0.25) is 0 Å². The highest BCUT2D eigenvalue weighted by Crippen LogP contribution is 2.28. The minimum atomic E-state index is -0.415. The Morgan fingerprint density at radius 3 is 2.17 bits per heavy atom. The summed E-state index contributed by atoms with van der Waals surface area (Å²) in [5, 5.41) is 11.4. The Morgan fingerprint density at radius 2 is 1.60 bits per heavy atom. The summed E-state index contributed by atoms with van der Waals surface area (Å²) in [6, 6.07) is 22.1. The third-order valence-corrected chi connectivity index (χ3v) is 5.13. The van der Waals surface area contributed by atoms with Gasteiger partial charge in [0.15, 0.2) is 0 Å². The Labute approximate surface area is 177 Å². The van der Waals surface area contributed by atoms with Gasteiger partial charge in [-0.2, -0.15) is 0 Å². The lowest BCUT2D eigenvalue weighted by molar-refractivity contribution is -0.385. The van der Waals surface area contributed by atoms with Crippen molar-refractivity contribution in [1.82, 2.24) is 0 Å². The van der Waals surface area contributed by atoms with Crippen molar-refractivity contribution in [3.63, 3.8) is 0 Å². The van der Waals surface area contributed by atoms with E-state index in [4.69, 9.17) is 0 Å². The van der Waals surface area contributed by atoms with Crippen LogP contribution in [0.1, 0.15) is 47.8 Å². The van der Waals surface area contributed by atoms with Crippen LogP contribution in [0.2, 0.25) is 0 Å². The number of aryl methyl sites for hydroxylation is 1. The highest BCUT2D eigenvalue weighted by Gasteiger charge is 2.22. The van der Waals surface area contributed by atoms with Gasteiger partial charge in [0.1, 0.15) is 0 Å². The van der Waals surface area contributed by atoms with E-state index >= 15 is 0 Å². The molecule has 5 heteroatoms. The van der Waals surface area contributed by atoms with Crippen LogP contribution in [0.3, 0.4) is 0 Å². The van der Waals surface area contributed by atoms with E-state index in [1.54, 1.807) is 24.0 Å². The van der Waals surface area contributed by atoms with E-state index in [0.29, 0.717) is 23.4 Å². The van der Waals surface area contributed by atoms with Crippen LogP contribution in [0.5, 0.6) is 0 Å². The number of nitrogens with zero attached hydrogens (tertiary/aromatic N) is 2. The SMILES string of the molecule is Cc1ccc(N(Cc2ccccc2)C(=O)c2ccc(C(C)(C)C)cc2)cc1[N+](=O)[O-]. The minimum absolute atomic E-state index is 0.00134. The fraction of sp³-hybridized carbons (Fsp3) is 0.240. The first-order chi connectivity index (χ1) is 14.2. The van der Waals surface area contributed by atoms with Crippen LogP contribution in [0.25, 0.3) is 0 Å². The molecule has 1 amide bonds. The van der Waals surface area contributed by atoms with E-state index in [1.807, 2.05) is 54.6 Å². The van der Waals surface area contributed by atoms with Gasteiger partial charge >= 0.3 is 0 Å². The lowest BCUT2D eigenvalue weighted by atomic mass is 9.86. The molecule has 0 N–H and O–H groups in total. The molecule has 0 saturated carbocycles. The van der Waals surface area contributed by atoms with Crippen LogP contribution in [-0.4, -0.2) is 10.8 Å². The van der Waals surface area contributed by atoms with E-state index < -0.39 is 4.92 Å². The third kappa shape index (κ3) is 4.74. The first-order valence-corrected chi connectivity index (χ1v) is 9.88. The zero-order valence-corrected chi connectivity index (χ0v) is 17.8. The van der Waals surface area contributed by atoms with Crippen molar-refractivity contribution in [2.45, 2.75) is 39.7 Å². The molecule has 0 spiro atoms. The number of carbonyl (C=O) groups is 1. The summed E-state index contributed by atoms with van der Waals surface area (Å²) in [6.45, 7) is 8.38. The van der Waals surface area contributed by atoms with Gasteiger partial charge in [-0.15, -0.1) is 0 Å². The van der Waals surface area contributed by atoms with Crippen molar-refractivity contribution in [1.29, 1.82) is 0 Å². The second-order valence-corrected chi connectivity index (χ2v) is 8.43. The Morgan fingerprint density at radius 1 is 0.967 bits per heavy atom. The molecule has 0 aliphatic heterocycles. The summed E-state index contributed by atoms with van der Waals surface area (Å²) < 4.78 is 0. The average molecular weight is 402 g/mol. The molecule has 3 aromatic rings. The highest BCUT2D eigenvalue weighted by atomic mass is 16.6. The van der Waals surface area contributed by atoms with E-state index in [1.165, 1.54) is 6.07 Å². The van der Waals surface area contributed by atoms with Gasteiger partial charge in [-0.05, 0) is 41.7 Å². The molecule has 154 valence electrons. The molecule has 5 nitrogen and oxygen atoms in total. The quantitative estimate of drug-likeness (QED) is 0.386. The van der Waals surface area contributed by atoms with Gasteiger partial charge in [0.25, 0.3) is 11.6 Å². The number of rotatable bonds is 5. The largest absolute Gasteiger partial charge is 0.304 e. The predicted molar refractivity (Wildman–Crippen MR) is 120 cm³/mol. The maximum atomic E-state index is 13.4. The average Bonchev–Trinajstić information content (AvgIpc) is 2.72. The number of carbonyl (C=O) groups excluding carboxylic acids is 1. The number of benzene rings is 3. The summed E-state index contributed by atoms with van der Waals surface area (Å²) in [5.41, 5.74) is 3.68. The van der Waals surface area contributed by atoms with Crippen molar-refractivity contribution < 1.29 is 9.72 Å². The van der Waals surface area contributed by atoms with Crippen molar-refractivity contribution in [2.75, 3.05) is 4.90 Å². The van der Waals surface area contributed by atoms with Gasteiger partial charge in [0.05, 0.1) is 17.2 Å². The molecule has 0 saturated heterocycles. The molecule has 0 aliphatic carbocycles. The fourth-order valence-corrected chi connectivity index (χ4v) is 3.28. The number of anilines is 1. The fourth-order valence-electron chi connectivity index (χ4n) is 3.28. The molecule has 0 radical (unpaired) electrons. The Balaban J connectivity index is 2.02. The predicted octanol–water partition coefficient (Wildman–Crippen LogP) is 6.05. The lowest BCUT2D eigenvalue weighted by Crippen LogP contribution is -2.30. The van der Waals surface area contributed by atoms with E-state index in [0.717, 1.165) is 11.1 Å². The van der Waals surface area contributed by atoms with Crippen LogP contribution >= 0.6 is 0 Å². The van der Waals surface area contributed by atoms with Crippen LogP contribution in [0.15, 0.2) is 72.8 Å². The summed E-state index contributed by atoms with van der Waals surface area (Å²) in [7, 11) is 0. The number of hydrogen-bond acceptors (Lipinski definition) is 3. The van der Waals surface area contributed by atoms with E-state index in [2.05, 4.69) is 20.8 Å². The van der Waals surface area contributed by atoms with Crippen molar-refractivity contribution in [3.05, 3.63) is 105 Å². The maximum absolute atomic E-state index is 13.4. The molecule has 0 bridgehead atoms. The normalized spacial score (nSPS) is 11.2. The molecule has 0 unspecified atom stereocenters. The molecule has 0 atom stereocenters. The van der Waals surface area contributed by atoms with Crippen LogP contribution in [0, 0.1) is 17.0 Å². The van der Waals surface area contributed by atoms with Crippen molar-refractivity contribution >= 4 is 17.3 Å². The summed E-state index contributed by atoms with van der Waals surface area (Å²) in [6.07, 6.45) is 0. The first kappa shape index (κ1) is 21.2. The van der Waals surface area contributed by atoms with Gasteiger partial charge in [-0.25, -0.2) is 0 Å². The molecule has 30 heavy (non-hydrogen) atoms. The molecular formula is C25H26N2O3. The first-order valence-electron chi connectivity index (χ1n) is 9.88. The van der Waals surface area contributed by atoms with Crippen molar-refractivity contribution in [3.8, 4) is 0 Å². The third-order valence-electron chi connectivity index (χ3n) is 5.13. The molecule has 0 aliphatic rings. The topological polar surface area (TPSA) is 63.5 Å². The zero-order valence-electron chi connectivity index (χ0n) is 17.8. The Bertz CT molecular complexity index is 1050. The van der Waals surface area contributed by atoms with Gasteiger partial charge in [-0.3, -0.25) is 14.9 Å². The van der Waals surface area contributed by atoms with Crippen LogP contribution < -0.4 is 4.90 Å². The smallest absolute Gasteiger partial charge is 0.274 e. The molecule has 3 aromatic carbocycles. The second kappa shape index (κ2) is 8.49. The molecule has 0 fully saturated rings.